The lowest BCUT2D eigenvalue weighted by Crippen LogP contribution is -2.00. The van der Waals surface area contributed by atoms with Crippen molar-refractivity contribution in [2.24, 2.45) is 0 Å². The van der Waals surface area contributed by atoms with Crippen molar-refractivity contribution in [2.45, 2.75) is 30.4 Å². The number of nitro benzene ring substituents is 1. The van der Waals surface area contributed by atoms with E-state index in [4.69, 9.17) is 5.11 Å². The van der Waals surface area contributed by atoms with Gasteiger partial charge in [-0.2, -0.15) is 0 Å². The molecule has 0 aromatic heterocycles. The van der Waals surface area contributed by atoms with Gasteiger partial charge >= 0.3 is 5.97 Å². The van der Waals surface area contributed by atoms with Crippen LogP contribution < -0.4 is 0 Å². The molecule has 0 heterocycles. The number of thioether (sulfide) groups is 1. The van der Waals surface area contributed by atoms with E-state index in [-0.39, 0.29) is 11.3 Å². The third-order valence-electron chi connectivity index (χ3n) is 2.26. The van der Waals surface area contributed by atoms with Crippen molar-refractivity contribution in [3.8, 4) is 0 Å². The summed E-state index contributed by atoms with van der Waals surface area (Å²) in [4.78, 5) is 21.6. The molecule has 1 rings (SSSR count). The number of nitro groups is 1. The third-order valence-corrected chi connectivity index (χ3v) is 3.50. The van der Waals surface area contributed by atoms with Gasteiger partial charge in [-0.1, -0.05) is 13.8 Å². The second kappa shape index (κ2) is 5.67. The van der Waals surface area contributed by atoms with E-state index in [2.05, 4.69) is 0 Å². The molecule has 0 radical (unpaired) electrons. The first-order chi connectivity index (χ1) is 7.93. The van der Waals surface area contributed by atoms with Gasteiger partial charge in [-0.25, -0.2) is 4.79 Å². The Kier molecular flexibility index (Phi) is 4.51. The number of nitrogens with zero attached hydrogens (tertiary/aromatic N) is 1. The molecule has 17 heavy (non-hydrogen) atoms. The number of hydrogen-bond donors (Lipinski definition) is 1. The maximum absolute atomic E-state index is 10.9. The van der Waals surface area contributed by atoms with E-state index in [0.29, 0.717) is 10.1 Å². The van der Waals surface area contributed by atoms with Crippen molar-refractivity contribution in [2.75, 3.05) is 0 Å². The predicted octanol–water partition coefficient (Wildman–Crippen LogP) is 3.18. The predicted molar refractivity (Wildman–Crippen MR) is 65.7 cm³/mol. The van der Waals surface area contributed by atoms with E-state index in [1.165, 1.54) is 23.9 Å². The molecule has 0 aliphatic heterocycles. The van der Waals surface area contributed by atoms with E-state index in [9.17, 15) is 14.9 Å². The summed E-state index contributed by atoms with van der Waals surface area (Å²) in [6.45, 7) is 4.00. The van der Waals surface area contributed by atoms with Gasteiger partial charge in [0.25, 0.3) is 5.69 Å². The molecule has 1 aromatic carbocycles. The van der Waals surface area contributed by atoms with Gasteiger partial charge < -0.3 is 5.11 Å². The average molecular weight is 255 g/mol. The van der Waals surface area contributed by atoms with E-state index < -0.39 is 10.9 Å². The molecule has 0 saturated heterocycles. The summed E-state index contributed by atoms with van der Waals surface area (Å²) in [5, 5.41) is 19.9. The van der Waals surface area contributed by atoms with Crippen molar-refractivity contribution in [1.29, 1.82) is 0 Å². The van der Waals surface area contributed by atoms with Crippen LogP contribution in [-0.4, -0.2) is 21.2 Å². The van der Waals surface area contributed by atoms with Gasteiger partial charge in [-0.05, 0) is 12.5 Å². The molecular formula is C11H13NO4S. The van der Waals surface area contributed by atoms with Crippen molar-refractivity contribution < 1.29 is 14.8 Å². The van der Waals surface area contributed by atoms with Gasteiger partial charge in [-0.3, -0.25) is 10.1 Å². The Labute approximate surface area is 103 Å². The highest BCUT2D eigenvalue weighted by Crippen LogP contribution is 2.29. The van der Waals surface area contributed by atoms with Crippen LogP contribution in [0.5, 0.6) is 0 Å². The molecule has 0 spiro atoms. The minimum absolute atomic E-state index is 0.0509. The van der Waals surface area contributed by atoms with Crippen LogP contribution in [0, 0.1) is 10.1 Å². The van der Waals surface area contributed by atoms with E-state index >= 15 is 0 Å². The van der Waals surface area contributed by atoms with Gasteiger partial charge in [0, 0.05) is 22.3 Å². The molecule has 5 nitrogen and oxygen atoms in total. The summed E-state index contributed by atoms with van der Waals surface area (Å²) in [7, 11) is 0. The fraction of sp³-hybridized carbons (Fsp3) is 0.364. The molecule has 0 aliphatic carbocycles. The van der Waals surface area contributed by atoms with Crippen molar-refractivity contribution in [3.63, 3.8) is 0 Å². The lowest BCUT2D eigenvalue weighted by Gasteiger charge is -2.08. The standard InChI is InChI=1S/C11H13NO4S/c1-3-7(2)17-10-5-8(11(13)14)4-9(6-10)12(15)16/h4-7H,3H2,1-2H3,(H,13,14). The Hall–Kier alpha value is -1.56. The van der Waals surface area contributed by atoms with Crippen LogP contribution >= 0.6 is 11.8 Å². The number of benzene rings is 1. The summed E-state index contributed by atoms with van der Waals surface area (Å²) in [6.07, 6.45) is 0.912. The maximum atomic E-state index is 10.9. The molecule has 0 fully saturated rings. The Morgan fingerprint density at radius 3 is 2.65 bits per heavy atom. The smallest absolute Gasteiger partial charge is 0.335 e. The fourth-order valence-electron chi connectivity index (χ4n) is 1.20. The van der Waals surface area contributed by atoms with Crippen molar-refractivity contribution in [1.82, 2.24) is 0 Å². The number of carboxylic acids is 1. The van der Waals surface area contributed by atoms with Crippen LogP contribution in [0.25, 0.3) is 0 Å². The zero-order chi connectivity index (χ0) is 13.0. The number of aromatic carboxylic acids is 1. The molecular weight excluding hydrogens is 242 g/mol. The molecule has 1 atom stereocenters. The highest BCUT2D eigenvalue weighted by molar-refractivity contribution is 7.99. The first-order valence-electron chi connectivity index (χ1n) is 5.13. The SMILES string of the molecule is CCC(C)Sc1cc(C(=O)O)cc([N+](=O)[O-])c1. The zero-order valence-electron chi connectivity index (χ0n) is 9.54. The van der Waals surface area contributed by atoms with Gasteiger partial charge in [-0.15, -0.1) is 11.8 Å². The maximum Gasteiger partial charge on any atom is 0.335 e. The number of rotatable bonds is 5. The first-order valence-corrected chi connectivity index (χ1v) is 6.01. The van der Waals surface area contributed by atoms with Crippen LogP contribution in [0.2, 0.25) is 0 Å². The van der Waals surface area contributed by atoms with E-state index in [1.807, 2.05) is 13.8 Å². The Bertz CT molecular complexity index is 415. The Morgan fingerprint density at radius 1 is 1.53 bits per heavy atom. The molecule has 0 bridgehead atoms. The first kappa shape index (κ1) is 13.5. The summed E-state index contributed by atoms with van der Waals surface area (Å²) in [5.41, 5.74) is -0.235. The normalized spacial score (nSPS) is 12.1. The number of non-ortho nitro benzene ring substituents is 1. The van der Waals surface area contributed by atoms with E-state index in [0.717, 1.165) is 12.5 Å². The van der Waals surface area contributed by atoms with Gasteiger partial charge in [0.05, 0.1) is 10.5 Å². The number of carbonyl (C=O) groups is 1. The van der Waals surface area contributed by atoms with Gasteiger partial charge in [0.1, 0.15) is 0 Å². The molecule has 1 N–H and O–H groups in total. The van der Waals surface area contributed by atoms with Crippen LogP contribution in [0.1, 0.15) is 30.6 Å². The lowest BCUT2D eigenvalue weighted by atomic mass is 10.2. The topological polar surface area (TPSA) is 80.4 Å². The molecule has 1 aromatic rings. The lowest BCUT2D eigenvalue weighted by molar-refractivity contribution is -0.385. The quantitative estimate of drug-likeness (QED) is 0.496. The van der Waals surface area contributed by atoms with Crippen LogP contribution in [0.15, 0.2) is 23.1 Å². The highest BCUT2D eigenvalue weighted by Gasteiger charge is 2.15. The zero-order valence-corrected chi connectivity index (χ0v) is 10.4. The largest absolute Gasteiger partial charge is 0.478 e. The van der Waals surface area contributed by atoms with Gasteiger partial charge in [0.15, 0.2) is 0 Å². The second-order valence-electron chi connectivity index (χ2n) is 3.61. The fourth-order valence-corrected chi connectivity index (χ4v) is 2.21. The number of hydrogen-bond acceptors (Lipinski definition) is 4. The van der Waals surface area contributed by atoms with Crippen molar-refractivity contribution in [3.05, 3.63) is 33.9 Å². The monoisotopic (exact) mass is 255 g/mol. The van der Waals surface area contributed by atoms with Crippen LogP contribution in [0.4, 0.5) is 5.69 Å². The molecule has 92 valence electrons. The minimum Gasteiger partial charge on any atom is -0.478 e. The molecule has 0 aliphatic rings. The van der Waals surface area contributed by atoms with E-state index in [1.54, 1.807) is 0 Å². The summed E-state index contributed by atoms with van der Waals surface area (Å²) >= 11 is 1.44. The summed E-state index contributed by atoms with van der Waals surface area (Å²) in [6, 6.07) is 3.94. The van der Waals surface area contributed by atoms with Gasteiger partial charge in [0.2, 0.25) is 0 Å². The summed E-state index contributed by atoms with van der Waals surface area (Å²) in [5.74, 6) is -1.15. The molecule has 6 heteroatoms. The summed E-state index contributed by atoms with van der Waals surface area (Å²) < 4.78 is 0. The Morgan fingerprint density at radius 2 is 2.18 bits per heavy atom. The van der Waals surface area contributed by atoms with Crippen molar-refractivity contribution >= 4 is 23.4 Å². The number of carboxylic acid groups (broad SMARTS) is 1. The third kappa shape index (κ3) is 3.74. The second-order valence-corrected chi connectivity index (χ2v) is 5.13. The Balaban J connectivity index is 3.12. The minimum atomic E-state index is -1.15. The molecule has 0 saturated carbocycles. The molecule has 1 unspecified atom stereocenters. The molecule has 0 amide bonds. The highest BCUT2D eigenvalue weighted by atomic mass is 32.2. The van der Waals surface area contributed by atoms with Crippen LogP contribution in [0.3, 0.4) is 0 Å². The van der Waals surface area contributed by atoms with Crippen LogP contribution in [-0.2, 0) is 0 Å². The average Bonchev–Trinajstić information content (AvgIpc) is 2.28.